The summed E-state index contributed by atoms with van der Waals surface area (Å²) in [5.74, 6) is -0.0689. The van der Waals surface area contributed by atoms with Crippen LogP contribution in [0.3, 0.4) is 0 Å². The number of hydrogen-bond donors (Lipinski definition) is 2. The van der Waals surface area contributed by atoms with Crippen LogP contribution in [-0.4, -0.2) is 42.4 Å². The van der Waals surface area contributed by atoms with Gasteiger partial charge in [-0.05, 0) is 32.6 Å². The SMILES string of the molecule is C[C@@H](CN)NC(=O)C1CCCCC1C(=O)N1CCCC1.Cl. The van der Waals surface area contributed by atoms with Crippen LogP contribution in [-0.2, 0) is 9.59 Å². The van der Waals surface area contributed by atoms with Crippen LogP contribution in [0.2, 0.25) is 0 Å². The third kappa shape index (κ3) is 4.58. The number of likely N-dealkylation sites (tertiary alicyclic amines) is 1. The zero-order chi connectivity index (χ0) is 14.5. The molecule has 2 rings (SSSR count). The van der Waals surface area contributed by atoms with Crippen molar-refractivity contribution in [2.75, 3.05) is 19.6 Å². The molecule has 0 radical (unpaired) electrons. The zero-order valence-corrected chi connectivity index (χ0v) is 13.7. The lowest BCUT2D eigenvalue weighted by molar-refractivity contribution is -0.143. The second-order valence-electron chi connectivity index (χ2n) is 6.18. The molecule has 3 atom stereocenters. The second-order valence-corrected chi connectivity index (χ2v) is 6.18. The fourth-order valence-corrected chi connectivity index (χ4v) is 3.32. The molecular formula is C15H28ClN3O2. The van der Waals surface area contributed by atoms with Gasteiger partial charge in [0.25, 0.3) is 0 Å². The Balaban J connectivity index is 0.00000220. The van der Waals surface area contributed by atoms with E-state index in [9.17, 15) is 9.59 Å². The summed E-state index contributed by atoms with van der Waals surface area (Å²) in [5.41, 5.74) is 5.55. The molecule has 2 amide bonds. The third-order valence-corrected chi connectivity index (χ3v) is 4.58. The summed E-state index contributed by atoms with van der Waals surface area (Å²) in [5, 5.41) is 2.94. The van der Waals surface area contributed by atoms with Crippen molar-refractivity contribution < 1.29 is 9.59 Å². The highest BCUT2D eigenvalue weighted by molar-refractivity contribution is 5.88. The van der Waals surface area contributed by atoms with Crippen LogP contribution in [0, 0.1) is 11.8 Å². The van der Waals surface area contributed by atoms with Gasteiger partial charge in [-0.15, -0.1) is 12.4 Å². The van der Waals surface area contributed by atoms with E-state index in [0.29, 0.717) is 6.54 Å². The molecule has 2 fully saturated rings. The molecule has 122 valence electrons. The maximum absolute atomic E-state index is 12.6. The highest BCUT2D eigenvalue weighted by Crippen LogP contribution is 2.32. The molecule has 5 nitrogen and oxygen atoms in total. The van der Waals surface area contributed by atoms with Crippen LogP contribution in [0.1, 0.15) is 45.4 Å². The van der Waals surface area contributed by atoms with Crippen molar-refractivity contribution in [3.8, 4) is 0 Å². The van der Waals surface area contributed by atoms with Crippen molar-refractivity contribution >= 4 is 24.2 Å². The lowest BCUT2D eigenvalue weighted by Gasteiger charge is -2.33. The number of amides is 2. The van der Waals surface area contributed by atoms with Gasteiger partial charge in [-0.3, -0.25) is 9.59 Å². The molecule has 0 aromatic rings. The van der Waals surface area contributed by atoms with E-state index in [2.05, 4.69) is 5.32 Å². The molecule has 1 heterocycles. The van der Waals surface area contributed by atoms with E-state index in [1.165, 1.54) is 0 Å². The highest BCUT2D eigenvalue weighted by Gasteiger charge is 2.38. The van der Waals surface area contributed by atoms with Crippen molar-refractivity contribution in [2.45, 2.75) is 51.5 Å². The van der Waals surface area contributed by atoms with Gasteiger partial charge in [0.05, 0.1) is 0 Å². The number of nitrogens with two attached hydrogens (primary N) is 1. The number of nitrogens with zero attached hydrogens (tertiary/aromatic N) is 1. The van der Waals surface area contributed by atoms with E-state index in [1.807, 2.05) is 11.8 Å². The highest BCUT2D eigenvalue weighted by atomic mass is 35.5. The van der Waals surface area contributed by atoms with Crippen LogP contribution in [0.4, 0.5) is 0 Å². The summed E-state index contributed by atoms with van der Waals surface area (Å²) in [7, 11) is 0. The molecule has 2 aliphatic rings. The summed E-state index contributed by atoms with van der Waals surface area (Å²) in [6.07, 6.45) is 5.97. The molecule has 0 spiro atoms. The number of nitrogens with one attached hydrogen (secondary N) is 1. The second kappa shape index (κ2) is 8.59. The van der Waals surface area contributed by atoms with Gasteiger partial charge in [0, 0.05) is 37.5 Å². The number of halogens is 1. The van der Waals surface area contributed by atoms with Crippen molar-refractivity contribution in [1.29, 1.82) is 0 Å². The average Bonchev–Trinajstić information content (AvgIpc) is 3.00. The number of rotatable bonds is 4. The maximum Gasteiger partial charge on any atom is 0.226 e. The van der Waals surface area contributed by atoms with E-state index in [0.717, 1.165) is 51.6 Å². The standard InChI is InChI=1S/C15H27N3O2.ClH/c1-11(10-16)17-14(19)12-6-2-3-7-13(12)15(20)18-8-4-5-9-18;/h11-13H,2-10,16H2,1H3,(H,17,19);1H/t11-,12?,13?;/m0./s1. The van der Waals surface area contributed by atoms with Crippen LogP contribution in [0.5, 0.6) is 0 Å². The minimum atomic E-state index is -0.161. The number of hydrogen-bond acceptors (Lipinski definition) is 3. The Bertz CT molecular complexity index is 359. The quantitative estimate of drug-likeness (QED) is 0.820. The lowest BCUT2D eigenvalue weighted by Crippen LogP contribution is -2.47. The Morgan fingerprint density at radius 1 is 1.14 bits per heavy atom. The Morgan fingerprint density at radius 3 is 2.29 bits per heavy atom. The molecule has 1 aliphatic carbocycles. The van der Waals surface area contributed by atoms with Gasteiger partial charge in [-0.2, -0.15) is 0 Å². The number of carbonyl (C=O) groups excluding carboxylic acids is 2. The Kier molecular flexibility index (Phi) is 7.46. The fourth-order valence-electron chi connectivity index (χ4n) is 3.32. The van der Waals surface area contributed by atoms with Gasteiger partial charge < -0.3 is 16.0 Å². The molecule has 0 aromatic carbocycles. The Morgan fingerprint density at radius 2 is 1.71 bits per heavy atom. The summed E-state index contributed by atoms with van der Waals surface area (Å²) in [6.45, 7) is 4.06. The molecule has 6 heteroatoms. The van der Waals surface area contributed by atoms with E-state index < -0.39 is 0 Å². The van der Waals surface area contributed by atoms with Gasteiger partial charge in [0.15, 0.2) is 0 Å². The van der Waals surface area contributed by atoms with Crippen molar-refractivity contribution in [2.24, 2.45) is 17.6 Å². The maximum atomic E-state index is 12.6. The lowest BCUT2D eigenvalue weighted by atomic mass is 9.77. The predicted octanol–water partition coefficient (Wildman–Crippen LogP) is 1.30. The summed E-state index contributed by atoms with van der Waals surface area (Å²) in [4.78, 5) is 26.9. The van der Waals surface area contributed by atoms with E-state index in [-0.39, 0.29) is 42.1 Å². The van der Waals surface area contributed by atoms with Gasteiger partial charge in [-0.1, -0.05) is 12.8 Å². The van der Waals surface area contributed by atoms with Gasteiger partial charge in [0.2, 0.25) is 11.8 Å². The van der Waals surface area contributed by atoms with Crippen LogP contribution >= 0.6 is 12.4 Å². The third-order valence-electron chi connectivity index (χ3n) is 4.58. The normalized spacial score (nSPS) is 26.9. The van der Waals surface area contributed by atoms with Crippen molar-refractivity contribution in [1.82, 2.24) is 10.2 Å². The largest absolute Gasteiger partial charge is 0.352 e. The first-order chi connectivity index (χ1) is 9.63. The van der Waals surface area contributed by atoms with E-state index in [1.54, 1.807) is 0 Å². The zero-order valence-electron chi connectivity index (χ0n) is 12.8. The Hall–Kier alpha value is -0.810. The van der Waals surface area contributed by atoms with E-state index >= 15 is 0 Å². The molecular weight excluding hydrogens is 290 g/mol. The smallest absolute Gasteiger partial charge is 0.226 e. The van der Waals surface area contributed by atoms with Crippen LogP contribution in [0.15, 0.2) is 0 Å². The topological polar surface area (TPSA) is 75.4 Å². The van der Waals surface area contributed by atoms with Crippen LogP contribution in [0.25, 0.3) is 0 Å². The minimum absolute atomic E-state index is 0. The summed E-state index contributed by atoms with van der Waals surface area (Å²) >= 11 is 0. The fraction of sp³-hybridized carbons (Fsp3) is 0.867. The van der Waals surface area contributed by atoms with E-state index in [4.69, 9.17) is 5.73 Å². The molecule has 2 unspecified atom stereocenters. The first-order valence-electron chi connectivity index (χ1n) is 7.92. The van der Waals surface area contributed by atoms with Gasteiger partial charge in [0.1, 0.15) is 0 Å². The summed E-state index contributed by atoms with van der Waals surface area (Å²) < 4.78 is 0. The predicted molar refractivity (Wildman–Crippen MR) is 85.2 cm³/mol. The molecule has 21 heavy (non-hydrogen) atoms. The molecule has 1 aliphatic heterocycles. The van der Waals surface area contributed by atoms with Gasteiger partial charge >= 0.3 is 0 Å². The average molecular weight is 318 g/mol. The monoisotopic (exact) mass is 317 g/mol. The minimum Gasteiger partial charge on any atom is -0.352 e. The van der Waals surface area contributed by atoms with Crippen molar-refractivity contribution in [3.63, 3.8) is 0 Å². The van der Waals surface area contributed by atoms with Crippen molar-refractivity contribution in [3.05, 3.63) is 0 Å². The van der Waals surface area contributed by atoms with Gasteiger partial charge in [-0.25, -0.2) is 0 Å². The summed E-state index contributed by atoms with van der Waals surface area (Å²) in [6, 6.07) is -0.0213. The molecule has 1 saturated heterocycles. The molecule has 0 aromatic heterocycles. The first-order valence-corrected chi connectivity index (χ1v) is 7.92. The van der Waals surface area contributed by atoms with Crippen LogP contribution < -0.4 is 11.1 Å². The molecule has 1 saturated carbocycles. The Labute approximate surface area is 133 Å². The molecule has 3 N–H and O–H groups in total. The molecule has 0 bridgehead atoms. The first kappa shape index (κ1) is 18.2. The number of carbonyl (C=O) groups is 2.